The molecule has 1 aromatic rings. The van der Waals surface area contributed by atoms with Crippen molar-refractivity contribution in [3.63, 3.8) is 0 Å². The molecule has 1 rings (SSSR count). The molecule has 0 fully saturated rings. The van der Waals surface area contributed by atoms with Gasteiger partial charge in [0.1, 0.15) is 0 Å². The van der Waals surface area contributed by atoms with E-state index in [0.29, 0.717) is 0 Å². The van der Waals surface area contributed by atoms with Crippen LogP contribution in [0, 0.1) is 0 Å². The second-order valence-electron chi connectivity index (χ2n) is 2.98. The monoisotopic (exact) mass is 273 g/mol. The summed E-state index contributed by atoms with van der Waals surface area (Å²) in [4.78, 5) is 32.7. The summed E-state index contributed by atoms with van der Waals surface area (Å²) in [6.45, 7) is 1.79. The molecule has 0 atom stereocenters. The van der Waals surface area contributed by atoms with Crippen LogP contribution < -0.4 is 5.32 Å². The molecule has 0 aliphatic rings. The van der Waals surface area contributed by atoms with Crippen molar-refractivity contribution in [1.82, 2.24) is 5.32 Å². The Bertz CT molecular complexity index is 455. The van der Waals surface area contributed by atoms with Crippen molar-refractivity contribution < 1.29 is 28.6 Å². The number of thioether (sulfide) groups is 1. The third-order valence-corrected chi connectivity index (χ3v) is 2.57. The zero-order chi connectivity index (χ0) is 13.5. The lowest BCUT2D eigenvalue weighted by atomic mass is 10.5. The van der Waals surface area contributed by atoms with Crippen molar-refractivity contribution in [2.75, 3.05) is 12.4 Å². The summed E-state index contributed by atoms with van der Waals surface area (Å²) in [7, 11) is 0. The van der Waals surface area contributed by atoms with Crippen LogP contribution in [0.15, 0.2) is 21.6 Å². The lowest BCUT2D eigenvalue weighted by molar-refractivity contribution is -0.117. The van der Waals surface area contributed by atoms with Crippen molar-refractivity contribution in [3.8, 4) is 0 Å². The van der Waals surface area contributed by atoms with Gasteiger partial charge in [-0.3, -0.25) is 10.1 Å². The van der Waals surface area contributed by atoms with E-state index in [-0.39, 0.29) is 23.2 Å². The molecule has 2 N–H and O–H groups in total. The van der Waals surface area contributed by atoms with Gasteiger partial charge < -0.3 is 14.3 Å². The lowest BCUT2D eigenvalue weighted by Crippen LogP contribution is -2.32. The van der Waals surface area contributed by atoms with Gasteiger partial charge in [0, 0.05) is 0 Å². The lowest BCUT2D eigenvalue weighted by Gasteiger charge is -2.02. The van der Waals surface area contributed by atoms with Gasteiger partial charge in [-0.2, -0.15) is 0 Å². The molecular formula is C10H11NO6S. The average Bonchev–Trinajstić information content (AvgIpc) is 2.75. The number of amides is 2. The maximum Gasteiger partial charge on any atom is 0.413 e. The van der Waals surface area contributed by atoms with Gasteiger partial charge >= 0.3 is 12.1 Å². The van der Waals surface area contributed by atoms with Gasteiger partial charge in [0.05, 0.1) is 12.4 Å². The fourth-order valence-electron chi connectivity index (χ4n) is 0.966. The first kappa shape index (κ1) is 14.1. The Kier molecular flexibility index (Phi) is 5.25. The second-order valence-corrected chi connectivity index (χ2v) is 3.96. The van der Waals surface area contributed by atoms with Crippen LogP contribution in [0.1, 0.15) is 17.5 Å². The van der Waals surface area contributed by atoms with E-state index in [2.05, 4.69) is 4.74 Å². The minimum Gasteiger partial charge on any atom is -0.475 e. The van der Waals surface area contributed by atoms with E-state index in [1.54, 1.807) is 6.92 Å². The number of rotatable bonds is 5. The van der Waals surface area contributed by atoms with Crippen molar-refractivity contribution >= 4 is 29.7 Å². The molecule has 0 spiro atoms. The van der Waals surface area contributed by atoms with Crippen LogP contribution in [0.4, 0.5) is 4.79 Å². The molecule has 18 heavy (non-hydrogen) atoms. The number of carboxylic acids is 1. The normalized spacial score (nSPS) is 9.83. The first-order chi connectivity index (χ1) is 8.52. The van der Waals surface area contributed by atoms with E-state index in [1.807, 2.05) is 5.32 Å². The largest absolute Gasteiger partial charge is 0.475 e. The van der Waals surface area contributed by atoms with Crippen molar-refractivity contribution in [3.05, 3.63) is 17.9 Å². The van der Waals surface area contributed by atoms with Gasteiger partial charge in [-0.1, -0.05) is 11.8 Å². The molecule has 0 radical (unpaired) electrons. The quantitative estimate of drug-likeness (QED) is 0.780. The van der Waals surface area contributed by atoms with Crippen molar-refractivity contribution in [2.45, 2.75) is 12.0 Å². The average molecular weight is 273 g/mol. The Morgan fingerprint density at radius 3 is 2.72 bits per heavy atom. The molecule has 0 bridgehead atoms. The molecule has 1 aromatic heterocycles. The molecule has 0 saturated heterocycles. The van der Waals surface area contributed by atoms with E-state index in [9.17, 15) is 14.4 Å². The first-order valence-electron chi connectivity index (χ1n) is 4.95. The summed E-state index contributed by atoms with van der Waals surface area (Å²) in [6, 6.07) is 2.72. The Balaban J connectivity index is 2.37. The number of carbonyl (C=O) groups is 3. The third-order valence-electron chi connectivity index (χ3n) is 1.65. The third kappa shape index (κ3) is 4.50. The Morgan fingerprint density at radius 1 is 1.44 bits per heavy atom. The number of furan rings is 1. The van der Waals surface area contributed by atoms with Crippen LogP contribution in [0.3, 0.4) is 0 Å². The van der Waals surface area contributed by atoms with E-state index in [0.717, 1.165) is 11.8 Å². The van der Waals surface area contributed by atoms with Crippen molar-refractivity contribution in [1.29, 1.82) is 0 Å². The van der Waals surface area contributed by atoms with Gasteiger partial charge in [0.15, 0.2) is 5.09 Å². The molecular weight excluding hydrogens is 262 g/mol. The Hall–Kier alpha value is -1.96. The maximum absolute atomic E-state index is 11.3. The summed E-state index contributed by atoms with van der Waals surface area (Å²) < 4.78 is 9.43. The zero-order valence-corrected chi connectivity index (χ0v) is 10.3. The molecule has 8 heteroatoms. The molecule has 0 aliphatic carbocycles. The summed E-state index contributed by atoms with van der Waals surface area (Å²) >= 11 is 0.977. The highest BCUT2D eigenvalue weighted by Crippen LogP contribution is 2.20. The topological polar surface area (TPSA) is 106 Å². The number of imide groups is 1. The Morgan fingerprint density at radius 2 is 2.17 bits per heavy atom. The minimum atomic E-state index is -1.18. The van der Waals surface area contributed by atoms with E-state index in [1.165, 1.54) is 12.1 Å². The van der Waals surface area contributed by atoms with E-state index >= 15 is 0 Å². The van der Waals surface area contributed by atoms with Gasteiger partial charge in [-0.25, -0.2) is 9.59 Å². The van der Waals surface area contributed by atoms with Crippen LogP contribution in [0.25, 0.3) is 0 Å². The number of aromatic carboxylic acids is 1. The molecule has 0 aromatic carbocycles. The fourth-order valence-corrected chi connectivity index (χ4v) is 1.62. The molecule has 0 aliphatic heterocycles. The Labute approximate surface area is 106 Å². The summed E-state index contributed by atoms with van der Waals surface area (Å²) in [5.74, 6) is -2.02. The first-order valence-corrected chi connectivity index (χ1v) is 5.94. The van der Waals surface area contributed by atoms with Crippen LogP contribution in [0.2, 0.25) is 0 Å². The molecule has 7 nitrogen and oxygen atoms in total. The number of hydrogen-bond acceptors (Lipinski definition) is 6. The molecule has 0 unspecified atom stereocenters. The molecule has 2 amide bonds. The number of carboxylic acid groups (broad SMARTS) is 1. The predicted octanol–water partition coefficient (Wildman–Crippen LogP) is 1.34. The van der Waals surface area contributed by atoms with Gasteiger partial charge in [0.2, 0.25) is 11.7 Å². The van der Waals surface area contributed by atoms with Crippen LogP contribution in [-0.2, 0) is 9.53 Å². The van der Waals surface area contributed by atoms with E-state index < -0.39 is 18.0 Å². The van der Waals surface area contributed by atoms with E-state index in [4.69, 9.17) is 9.52 Å². The number of carbonyl (C=O) groups excluding carboxylic acids is 2. The highest BCUT2D eigenvalue weighted by atomic mass is 32.2. The van der Waals surface area contributed by atoms with Crippen LogP contribution in [0.5, 0.6) is 0 Å². The number of alkyl carbamates (subject to hydrolysis) is 1. The number of hydrogen-bond donors (Lipinski definition) is 2. The SMILES string of the molecule is CCOC(=O)NC(=O)CSc1ccc(C(=O)O)o1. The second kappa shape index (κ2) is 6.70. The molecule has 0 saturated carbocycles. The van der Waals surface area contributed by atoms with Gasteiger partial charge in [-0.05, 0) is 19.1 Å². The number of nitrogens with one attached hydrogen (secondary N) is 1. The summed E-state index contributed by atoms with van der Waals surface area (Å²) in [6.07, 6.45) is -0.811. The van der Waals surface area contributed by atoms with Crippen LogP contribution in [-0.4, -0.2) is 35.4 Å². The zero-order valence-electron chi connectivity index (χ0n) is 9.47. The predicted molar refractivity (Wildman–Crippen MR) is 61.6 cm³/mol. The summed E-state index contributed by atoms with van der Waals surface area (Å²) in [5.41, 5.74) is 0. The highest BCUT2D eigenvalue weighted by molar-refractivity contribution is 7.99. The number of ether oxygens (including phenoxy) is 1. The smallest absolute Gasteiger partial charge is 0.413 e. The van der Waals surface area contributed by atoms with Crippen molar-refractivity contribution in [2.24, 2.45) is 0 Å². The standard InChI is InChI=1S/C10H11NO6S/c1-2-16-10(15)11-7(12)5-18-8-4-3-6(17-8)9(13)14/h3-4H,2,5H2,1H3,(H,13,14)(H,11,12,15). The molecule has 98 valence electrons. The molecule has 1 heterocycles. The minimum absolute atomic E-state index is 0.0780. The van der Waals surface area contributed by atoms with Gasteiger partial charge in [0.25, 0.3) is 0 Å². The van der Waals surface area contributed by atoms with Gasteiger partial charge in [-0.15, -0.1) is 0 Å². The summed E-state index contributed by atoms with van der Waals surface area (Å²) in [5, 5.41) is 10.9. The highest BCUT2D eigenvalue weighted by Gasteiger charge is 2.12. The van der Waals surface area contributed by atoms with Crippen LogP contribution >= 0.6 is 11.8 Å². The maximum atomic E-state index is 11.3. The fraction of sp³-hybridized carbons (Fsp3) is 0.300.